The fourth-order valence-corrected chi connectivity index (χ4v) is 3.16. The van der Waals surface area contributed by atoms with Gasteiger partial charge in [0.2, 0.25) is 29.3 Å². The summed E-state index contributed by atoms with van der Waals surface area (Å²) in [7, 11) is 3.35. The van der Waals surface area contributed by atoms with Crippen molar-refractivity contribution in [2.75, 3.05) is 14.1 Å². The maximum atomic E-state index is 13.0. The highest BCUT2D eigenvalue weighted by Gasteiger charge is 2.45. The summed E-state index contributed by atoms with van der Waals surface area (Å²) >= 11 is 0. The van der Waals surface area contributed by atoms with Gasteiger partial charge in [-0.25, -0.2) is 9.13 Å². The van der Waals surface area contributed by atoms with Gasteiger partial charge in [0.05, 0.1) is 0 Å². The van der Waals surface area contributed by atoms with Crippen LogP contribution in [-0.4, -0.2) is 41.0 Å². The number of hydrogen-bond donors (Lipinski definition) is 0. The highest BCUT2D eigenvalue weighted by Crippen LogP contribution is 2.38. The third-order valence-corrected chi connectivity index (χ3v) is 4.62. The van der Waals surface area contributed by atoms with Crippen LogP contribution in [0.2, 0.25) is 0 Å². The zero-order valence-electron chi connectivity index (χ0n) is 13.7. The normalized spacial score (nSPS) is 15.9. The Morgan fingerprint density at radius 3 is 2.38 bits per heavy atom. The molecular weight excluding hydrogens is 306 g/mol. The molecule has 6 nitrogen and oxygen atoms in total. The van der Waals surface area contributed by atoms with Crippen LogP contribution in [0.3, 0.4) is 0 Å². The van der Waals surface area contributed by atoms with Gasteiger partial charge in [-0.2, -0.15) is 0 Å². The summed E-state index contributed by atoms with van der Waals surface area (Å²) in [6, 6.07) is 7.13. The van der Waals surface area contributed by atoms with Crippen LogP contribution in [0, 0.1) is 0 Å². The number of carbonyl (C=O) groups excluding carboxylic acids is 3. The summed E-state index contributed by atoms with van der Waals surface area (Å²) in [6.45, 7) is 0.0518. The summed E-state index contributed by atoms with van der Waals surface area (Å²) < 4.78 is 3.51. The summed E-state index contributed by atoms with van der Waals surface area (Å²) in [6.07, 6.45) is 3.74. The fraction of sp³-hybridized carbons (Fsp3) is 0.333. The molecule has 1 amide bonds. The molecule has 0 aliphatic heterocycles. The van der Waals surface area contributed by atoms with Crippen molar-refractivity contribution in [3.8, 4) is 0 Å². The molecule has 1 heterocycles. The van der Waals surface area contributed by atoms with E-state index in [2.05, 4.69) is 0 Å². The number of imidazole rings is 1. The van der Waals surface area contributed by atoms with E-state index in [9.17, 15) is 14.4 Å². The largest absolute Gasteiger partial charge is 0.345 e. The Hall–Kier alpha value is -2.76. The second kappa shape index (κ2) is 5.12. The lowest BCUT2D eigenvalue weighted by atomic mass is 9.90. The summed E-state index contributed by atoms with van der Waals surface area (Å²) in [5.74, 6) is -0.441. The molecule has 1 aromatic heterocycles. The van der Waals surface area contributed by atoms with Gasteiger partial charge in [-0.1, -0.05) is 24.3 Å². The van der Waals surface area contributed by atoms with Gasteiger partial charge in [0, 0.05) is 25.2 Å². The third-order valence-electron chi connectivity index (χ3n) is 4.62. The van der Waals surface area contributed by atoms with E-state index in [0.29, 0.717) is 22.5 Å². The Labute approximate surface area is 139 Å². The van der Waals surface area contributed by atoms with Gasteiger partial charge in [-0.15, -0.1) is 0 Å². The lowest BCUT2D eigenvalue weighted by Gasteiger charge is -2.13. The highest BCUT2D eigenvalue weighted by atomic mass is 16.2. The summed E-state index contributed by atoms with van der Waals surface area (Å²) in [5, 5.41) is 0. The first-order valence-corrected chi connectivity index (χ1v) is 8.02. The number of likely N-dealkylation sites (N-methyl/N-ethyl adjacent to an activating group) is 1. The SMILES string of the molecule is CN(C)C(=O)C[n+]1cn(C2CC2)c2c1C(=O)c1ccccc1C2=O. The van der Waals surface area contributed by atoms with Crippen molar-refractivity contribution in [2.45, 2.75) is 25.4 Å². The molecule has 2 aromatic rings. The quantitative estimate of drug-likeness (QED) is 0.675. The van der Waals surface area contributed by atoms with Crippen molar-refractivity contribution in [3.63, 3.8) is 0 Å². The molecule has 2 aliphatic rings. The molecule has 0 radical (unpaired) electrons. The molecule has 1 fully saturated rings. The standard InChI is InChI=1S/C18H18N3O3/c1-19(2)14(22)9-20-10-21(11-7-8-11)16-15(20)17(23)12-5-3-4-6-13(12)18(16)24/h3-6,10-11H,7-9H2,1-2H3/q+1. The van der Waals surface area contributed by atoms with E-state index in [-0.39, 0.29) is 30.1 Å². The van der Waals surface area contributed by atoms with Crippen molar-refractivity contribution in [1.29, 1.82) is 0 Å². The minimum atomic E-state index is -0.189. The summed E-state index contributed by atoms with van der Waals surface area (Å²) in [5.41, 5.74) is 1.62. The minimum absolute atomic E-state index is 0.0518. The van der Waals surface area contributed by atoms with Crippen molar-refractivity contribution in [2.24, 2.45) is 0 Å². The van der Waals surface area contributed by atoms with Crippen molar-refractivity contribution in [1.82, 2.24) is 9.47 Å². The second-order valence-corrected chi connectivity index (χ2v) is 6.57. The fourth-order valence-electron chi connectivity index (χ4n) is 3.16. The molecule has 122 valence electrons. The predicted molar refractivity (Wildman–Crippen MR) is 84.9 cm³/mol. The first-order valence-electron chi connectivity index (χ1n) is 8.02. The number of carbonyl (C=O) groups is 3. The zero-order chi connectivity index (χ0) is 17.0. The number of benzene rings is 1. The molecule has 0 N–H and O–H groups in total. The molecule has 6 heteroatoms. The Bertz CT molecular complexity index is 891. The molecule has 0 spiro atoms. The average Bonchev–Trinajstić information content (AvgIpc) is 3.34. The number of fused-ring (bicyclic) bond motifs is 2. The minimum Gasteiger partial charge on any atom is -0.345 e. The molecule has 2 aliphatic carbocycles. The molecule has 0 atom stereocenters. The number of aromatic nitrogens is 2. The molecule has 24 heavy (non-hydrogen) atoms. The Morgan fingerprint density at radius 2 is 1.79 bits per heavy atom. The van der Waals surface area contributed by atoms with E-state index < -0.39 is 0 Å². The van der Waals surface area contributed by atoms with E-state index >= 15 is 0 Å². The lowest BCUT2D eigenvalue weighted by molar-refractivity contribution is -0.686. The van der Waals surface area contributed by atoms with Crippen molar-refractivity contribution in [3.05, 3.63) is 53.1 Å². The van der Waals surface area contributed by atoms with Crippen molar-refractivity contribution >= 4 is 17.5 Å². The Kier molecular flexibility index (Phi) is 3.16. The van der Waals surface area contributed by atoms with Crippen LogP contribution in [0.25, 0.3) is 0 Å². The molecule has 4 rings (SSSR count). The van der Waals surface area contributed by atoms with Crippen LogP contribution >= 0.6 is 0 Å². The van der Waals surface area contributed by atoms with Gasteiger partial charge in [-0.3, -0.25) is 14.4 Å². The van der Waals surface area contributed by atoms with Crippen LogP contribution < -0.4 is 4.57 Å². The number of rotatable bonds is 3. The van der Waals surface area contributed by atoms with Gasteiger partial charge in [0.1, 0.15) is 6.04 Å². The third kappa shape index (κ3) is 2.10. The topological polar surface area (TPSA) is 63.3 Å². The first kappa shape index (κ1) is 14.8. The van der Waals surface area contributed by atoms with Crippen molar-refractivity contribution < 1.29 is 19.0 Å². The molecular formula is C18H18N3O3+. The van der Waals surface area contributed by atoms with Crippen LogP contribution in [0.15, 0.2) is 30.6 Å². The lowest BCUT2D eigenvalue weighted by Crippen LogP contribution is -2.46. The van der Waals surface area contributed by atoms with Gasteiger partial charge in [0.25, 0.3) is 5.91 Å². The van der Waals surface area contributed by atoms with Gasteiger partial charge < -0.3 is 4.90 Å². The number of ketones is 2. The Morgan fingerprint density at radius 1 is 1.17 bits per heavy atom. The number of amides is 1. The van der Waals surface area contributed by atoms with E-state index in [0.717, 1.165) is 12.8 Å². The van der Waals surface area contributed by atoms with E-state index in [1.165, 1.54) is 4.90 Å². The monoisotopic (exact) mass is 324 g/mol. The van der Waals surface area contributed by atoms with Crippen LogP contribution in [-0.2, 0) is 11.3 Å². The molecule has 1 saturated carbocycles. The maximum absolute atomic E-state index is 13.0. The van der Waals surface area contributed by atoms with Gasteiger partial charge >= 0.3 is 0 Å². The maximum Gasteiger partial charge on any atom is 0.264 e. The van der Waals surface area contributed by atoms with Crippen LogP contribution in [0.5, 0.6) is 0 Å². The molecule has 0 bridgehead atoms. The Balaban J connectivity index is 1.89. The number of nitrogens with zero attached hydrogens (tertiary/aromatic N) is 3. The predicted octanol–water partition coefficient (Wildman–Crippen LogP) is 0.974. The van der Waals surface area contributed by atoms with Crippen LogP contribution in [0.1, 0.15) is 51.0 Å². The second-order valence-electron chi connectivity index (χ2n) is 6.57. The zero-order valence-corrected chi connectivity index (χ0v) is 13.7. The number of hydrogen-bond acceptors (Lipinski definition) is 3. The molecule has 0 saturated heterocycles. The van der Waals surface area contributed by atoms with E-state index in [1.807, 2.05) is 4.57 Å². The highest BCUT2D eigenvalue weighted by molar-refractivity contribution is 6.26. The van der Waals surface area contributed by atoms with Gasteiger partial charge in [-0.05, 0) is 12.8 Å². The molecule has 0 unspecified atom stereocenters. The van der Waals surface area contributed by atoms with Crippen LogP contribution in [0.4, 0.5) is 0 Å². The molecule has 1 aromatic carbocycles. The average molecular weight is 324 g/mol. The smallest absolute Gasteiger partial charge is 0.264 e. The first-order chi connectivity index (χ1) is 11.5. The van der Waals surface area contributed by atoms with E-state index in [1.54, 1.807) is 49.3 Å². The van der Waals surface area contributed by atoms with Gasteiger partial charge in [0.15, 0.2) is 6.54 Å². The summed E-state index contributed by atoms with van der Waals surface area (Å²) in [4.78, 5) is 39.5. The van der Waals surface area contributed by atoms with E-state index in [4.69, 9.17) is 0 Å².